The standard InChI is InChI=1S/C23H28N2O6/c1-15-7-9-25(10-8-15)23(27)17(24-22(26)18-6-5-11-31-18)12-16-13-19(28-2)21(30-4)20(14-16)29-3/h5-6,11-15H,7-10H2,1-4H3,(H,24,26)/b17-12-. The van der Waals surface area contributed by atoms with Gasteiger partial charge in [-0.1, -0.05) is 6.92 Å². The Balaban J connectivity index is 1.97. The maximum Gasteiger partial charge on any atom is 0.291 e. The van der Waals surface area contributed by atoms with Crippen molar-refractivity contribution in [1.29, 1.82) is 0 Å². The molecule has 1 N–H and O–H groups in total. The van der Waals surface area contributed by atoms with Crippen molar-refractivity contribution < 1.29 is 28.2 Å². The van der Waals surface area contributed by atoms with Crippen molar-refractivity contribution in [2.45, 2.75) is 19.8 Å². The normalized spacial score (nSPS) is 14.8. The quantitative estimate of drug-likeness (QED) is 0.681. The number of likely N-dealkylation sites (tertiary alicyclic amines) is 1. The molecule has 31 heavy (non-hydrogen) atoms. The van der Waals surface area contributed by atoms with Gasteiger partial charge in [0.1, 0.15) is 5.70 Å². The monoisotopic (exact) mass is 428 g/mol. The van der Waals surface area contributed by atoms with E-state index in [-0.39, 0.29) is 17.4 Å². The van der Waals surface area contributed by atoms with E-state index in [1.807, 2.05) is 0 Å². The molecule has 1 fully saturated rings. The zero-order chi connectivity index (χ0) is 22.4. The summed E-state index contributed by atoms with van der Waals surface area (Å²) in [4.78, 5) is 27.6. The highest BCUT2D eigenvalue weighted by molar-refractivity contribution is 6.04. The van der Waals surface area contributed by atoms with Gasteiger partial charge in [-0.3, -0.25) is 9.59 Å². The Labute approximate surface area is 181 Å². The molecule has 8 nitrogen and oxygen atoms in total. The molecule has 2 heterocycles. The second-order valence-corrected chi connectivity index (χ2v) is 7.42. The van der Waals surface area contributed by atoms with E-state index >= 15 is 0 Å². The molecular formula is C23H28N2O6. The average Bonchev–Trinajstić information content (AvgIpc) is 3.33. The molecule has 0 aliphatic carbocycles. The van der Waals surface area contributed by atoms with Crippen molar-refractivity contribution in [2.75, 3.05) is 34.4 Å². The number of carbonyl (C=O) groups is 2. The van der Waals surface area contributed by atoms with E-state index in [2.05, 4.69) is 12.2 Å². The Morgan fingerprint density at radius 3 is 2.26 bits per heavy atom. The molecule has 0 atom stereocenters. The van der Waals surface area contributed by atoms with Gasteiger partial charge in [0.25, 0.3) is 11.8 Å². The molecule has 2 amide bonds. The predicted octanol–water partition coefficient (Wildman–Crippen LogP) is 3.33. The van der Waals surface area contributed by atoms with Gasteiger partial charge in [0.15, 0.2) is 17.3 Å². The van der Waals surface area contributed by atoms with Gasteiger partial charge in [-0.05, 0) is 54.7 Å². The van der Waals surface area contributed by atoms with Gasteiger partial charge in [0.05, 0.1) is 27.6 Å². The van der Waals surface area contributed by atoms with Crippen LogP contribution < -0.4 is 19.5 Å². The Hall–Kier alpha value is -3.42. The molecule has 1 aromatic heterocycles. The molecule has 166 valence electrons. The molecule has 1 aliphatic heterocycles. The fraction of sp³-hybridized carbons (Fsp3) is 0.391. The van der Waals surface area contributed by atoms with Crippen LogP contribution in [0.25, 0.3) is 6.08 Å². The summed E-state index contributed by atoms with van der Waals surface area (Å²) >= 11 is 0. The molecule has 0 bridgehead atoms. The first kappa shape index (κ1) is 22.3. The number of amides is 2. The van der Waals surface area contributed by atoms with E-state index in [0.29, 0.717) is 41.8 Å². The molecule has 0 radical (unpaired) electrons. The van der Waals surface area contributed by atoms with E-state index in [0.717, 1.165) is 12.8 Å². The van der Waals surface area contributed by atoms with Crippen LogP contribution in [0.3, 0.4) is 0 Å². The van der Waals surface area contributed by atoms with Gasteiger partial charge in [-0.15, -0.1) is 0 Å². The van der Waals surface area contributed by atoms with E-state index in [9.17, 15) is 9.59 Å². The first-order valence-corrected chi connectivity index (χ1v) is 10.1. The molecule has 0 saturated carbocycles. The molecule has 3 rings (SSSR count). The van der Waals surface area contributed by atoms with Crippen LogP contribution in [0.2, 0.25) is 0 Å². The number of hydrogen-bond acceptors (Lipinski definition) is 6. The average molecular weight is 428 g/mol. The van der Waals surface area contributed by atoms with Crippen molar-refractivity contribution in [3.8, 4) is 17.2 Å². The Bertz CT molecular complexity index is 918. The lowest BCUT2D eigenvalue weighted by molar-refractivity contribution is -0.128. The number of piperidine rings is 1. The van der Waals surface area contributed by atoms with E-state index in [1.54, 1.807) is 35.2 Å². The van der Waals surface area contributed by atoms with E-state index < -0.39 is 5.91 Å². The Morgan fingerprint density at radius 1 is 1.10 bits per heavy atom. The van der Waals surface area contributed by atoms with Crippen LogP contribution in [0.1, 0.15) is 35.9 Å². The SMILES string of the molecule is COc1cc(/C=C(\NC(=O)c2ccco2)C(=O)N2CCC(C)CC2)cc(OC)c1OC. The maximum atomic E-state index is 13.3. The fourth-order valence-electron chi connectivity index (χ4n) is 3.48. The third kappa shape index (κ3) is 5.20. The summed E-state index contributed by atoms with van der Waals surface area (Å²) in [5.74, 6) is 1.29. The lowest BCUT2D eigenvalue weighted by atomic mass is 9.99. The summed E-state index contributed by atoms with van der Waals surface area (Å²) in [5, 5.41) is 2.70. The molecule has 0 spiro atoms. The van der Waals surface area contributed by atoms with Crippen molar-refractivity contribution in [3.05, 3.63) is 47.5 Å². The van der Waals surface area contributed by atoms with Gasteiger partial charge in [0.2, 0.25) is 5.75 Å². The topological polar surface area (TPSA) is 90.2 Å². The van der Waals surface area contributed by atoms with Crippen molar-refractivity contribution >= 4 is 17.9 Å². The van der Waals surface area contributed by atoms with E-state index in [4.69, 9.17) is 18.6 Å². The number of furan rings is 1. The van der Waals surface area contributed by atoms with Crippen molar-refractivity contribution in [3.63, 3.8) is 0 Å². The summed E-state index contributed by atoms with van der Waals surface area (Å²) in [6.07, 6.45) is 4.86. The van der Waals surface area contributed by atoms with Crippen LogP contribution in [-0.4, -0.2) is 51.1 Å². The van der Waals surface area contributed by atoms with Crippen LogP contribution in [0.15, 0.2) is 40.6 Å². The van der Waals surface area contributed by atoms with Gasteiger partial charge >= 0.3 is 0 Å². The van der Waals surface area contributed by atoms with Gasteiger partial charge in [-0.25, -0.2) is 0 Å². The lowest BCUT2D eigenvalue weighted by Gasteiger charge is -2.31. The number of methoxy groups -OCH3 is 3. The number of carbonyl (C=O) groups excluding carboxylic acids is 2. The van der Waals surface area contributed by atoms with Crippen molar-refractivity contribution in [2.24, 2.45) is 5.92 Å². The lowest BCUT2D eigenvalue weighted by Crippen LogP contribution is -2.42. The number of nitrogens with zero attached hydrogens (tertiary/aromatic N) is 1. The molecule has 0 unspecified atom stereocenters. The number of hydrogen-bond donors (Lipinski definition) is 1. The second-order valence-electron chi connectivity index (χ2n) is 7.42. The molecule has 2 aromatic rings. The molecular weight excluding hydrogens is 400 g/mol. The van der Waals surface area contributed by atoms with Gasteiger partial charge < -0.3 is 28.8 Å². The zero-order valence-corrected chi connectivity index (χ0v) is 18.3. The summed E-state index contributed by atoms with van der Waals surface area (Å²) in [5.41, 5.74) is 0.758. The smallest absolute Gasteiger partial charge is 0.291 e. The summed E-state index contributed by atoms with van der Waals surface area (Å²) in [7, 11) is 4.56. The first-order valence-electron chi connectivity index (χ1n) is 10.1. The van der Waals surface area contributed by atoms with Crippen LogP contribution >= 0.6 is 0 Å². The highest BCUT2D eigenvalue weighted by Gasteiger charge is 2.25. The minimum Gasteiger partial charge on any atom is -0.493 e. The summed E-state index contributed by atoms with van der Waals surface area (Å²) in [6, 6.07) is 6.59. The second kappa shape index (κ2) is 10.1. The minimum absolute atomic E-state index is 0.121. The molecule has 1 aliphatic rings. The highest BCUT2D eigenvalue weighted by Crippen LogP contribution is 2.38. The Morgan fingerprint density at radius 2 is 1.74 bits per heavy atom. The predicted molar refractivity (Wildman–Crippen MR) is 115 cm³/mol. The van der Waals surface area contributed by atoms with Crippen LogP contribution in [0.5, 0.6) is 17.2 Å². The van der Waals surface area contributed by atoms with Crippen LogP contribution in [0, 0.1) is 5.92 Å². The largest absolute Gasteiger partial charge is 0.493 e. The highest BCUT2D eigenvalue weighted by atomic mass is 16.5. The third-order valence-corrected chi connectivity index (χ3v) is 5.29. The number of ether oxygens (including phenoxy) is 3. The molecule has 8 heteroatoms. The van der Waals surface area contributed by atoms with Crippen LogP contribution in [0.4, 0.5) is 0 Å². The fourth-order valence-corrected chi connectivity index (χ4v) is 3.48. The van der Waals surface area contributed by atoms with Gasteiger partial charge in [-0.2, -0.15) is 0 Å². The zero-order valence-electron chi connectivity index (χ0n) is 18.3. The molecule has 1 saturated heterocycles. The summed E-state index contributed by atoms with van der Waals surface area (Å²) in [6.45, 7) is 3.46. The number of rotatable bonds is 7. The third-order valence-electron chi connectivity index (χ3n) is 5.29. The Kier molecular flexibility index (Phi) is 7.23. The number of benzene rings is 1. The number of nitrogens with one attached hydrogen (secondary N) is 1. The van der Waals surface area contributed by atoms with Gasteiger partial charge in [0, 0.05) is 13.1 Å². The maximum absolute atomic E-state index is 13.3. The summed E-state index contributed by atoms with van der Waals surface area (Å²) < 4.78 is 21.3. The molecule has 1 aromatic carbocycles. The minimum atomic E-state index is -0.498. The van der Waals surface area contributed by atoms with Crippen LogP contribution in [-0.2, 0) is 4.79 Å². The first-order chi connectivity index (χ1) is 15.0. The van der Waals surface area contributed by atoms with E-state index in [1.165, 1.54) is 27.6 Å². The van der Waals surface area contributed by atoms with Crippen molar-refractivity contribution in [1.82, 2.24) is 10.2 Å².